The molecule has 0 spiro atoms. The van der Waals surface area contributed by atoms with Crippen LogP contribution < -0.4 is 5.32 Å². The van der Waals surface area contributed by atoms with Gasteiger partial charge in [-0.1, -0.05) is 26.0 Å². The van der Waals surface area contributed by atoms with E-state index in [9.17, 15) is 4.79 Å². The Morgan fingerprint density at radius 2 is 2.37 bits per heavy atom. The first-order chi connectivity index (χ1) is 9.01. The van der Waals surface area contributed by atoms with Crippen LogP contribution in [0.4, 0.5) is 4.79 Å². The molecule has 2 N–H and O–H groups in total. The molecule has 106 valence electrons. The molecule has 1 rings (SSSR count). The molecule has 0 saturated carbocycles. The second-order valence-corrected chi connectivity index (χ2v) is 5.93. The molecule has 4 nitrogen and oxygen atoms in total. The van der Waals surface area contributed by atoms with E-state index in [0.717, 1.165) is 0 Å². The van der Waals surface area contributed by atoms with Gasteiger partial charge in [0.15, 0.2) is 0 Å². The molecule has 0 aliphatic heterocycles. The fraction of sp³-hybridized carbons (Fsp3) is 0.500. The van der Waals surface area contributed by atoms with Gasteiger partial charge in [-0.25, -0.2) is 4.79 Å². The maximum absolute atomic E-state index is 12.0. The van der Waals surface area contributed by atoms with E-state index in [1.165, 1.54) is 9.78 Å². The smallest absolute Gasteiger partial charge is 0.317 e. The lowest BCUT2D eigenvalue weighted by atomic mass is 9.91. The largest absolute Gasteiger partial charge is 0.395 e. The molecule has 1 aromatic rings. The third-order valence-electron chi connectivity index (χ3n) is 2.88. The molecule has 0 aliphatic carbocycles. The first-order valence-electron chi connectivity index (χ1n) is 6.30. The number of rotatable bonds is 7. The summed E-state index contributed by atoms with van der Waals surface area (Å²) in [4.78, 5) is 14.8. The first kappa shape index (κ1) is 15.7. The number of amides is 2. The molecule has 0 atom stereocenters. The van der Waals surface area contributed by atoms with Gasteiger partial charge in [-0.05, 0) is 11.4 Å². The number of nitrogens with zero attached hydrogens (tertiary/aromatic N) is 1. The van der Waals surface area contributed by atoms with Crippen molar-refractivity contribution in [3.05, 3.63) is 35.0 Å². The van der Waals surface area contributed by atoms with Gasteiger partial charge in [-0.2, -0.15) is 0 Å². The van der Waals surface area contributed by atoms with Crippen molar-refractivity contribution in [2.24, 2.45) is 0 Å². The average Bonchev–Trinajstić information content (AvgIpc) is 2.90. The summed E-state index contributed by atoms with van der Waals surface area (Å²) >= 11 is 1.69. The van der Waals surface area contributed by atoms with Gasteiger partial charge < -0.3 is 15.3 Å². The highest BCUT2D eigenvalue weighted by Gasteiger charge is 2.23. The molecule has 1 heterocycles. The van der Waals surface area contributed by atoms with Gasteiger partial charge in [0.1, 0.15) is 0 Å². The number of aliphatic hydroxyl groups excluding tert-OH is 1. The summed E-state index contributed by atoms with van der Waals surface area (Å²) in [6.07, 6.45) is 1.65. The highest BCUT2D eigenvalue weighted by atomic mass is 32.1. The van der Waals surface area contributed by atoms with E-state index < -0.39 is 0 Å². The van der Waals surface area contributed by atoms with Crippen LogP contribution in [0.1, 0.15) is 18.7 Å². The second-order valence-electron chi connectivity index (χ2n) is 4.98. The predicted octanol–water partition coefficient (Wildman–Crippen LogP) is 2.22. The van der Waals surface area contributed by atoms with Crippen molar-refractivity contribution in [1.82, 2.24) is 10.2 Å². The number of thiophene rings is 1. The summed E-state index contributed by atoms with van der Waals surface area (Å²) in [7, 11) is 0. The van der Waals surface area contributed by atoms with Gasteiger partial charge in [0.25, 0.3) is 0 Å². The first-order valence-corrected chi connectivity index (χ1v) is 7.17. The fourth-order valence-electron chi connectivity index (χ4n) is 1.71. The van der Waals surface area contributed by atoms with Crippen molar-refractivity contribution in [3.8, 4) is 0 Å². The number of nitrogens with one attached hydrogen (secondary N) is 1. The second kappa shape index (κ2) is 7.31. The lowest BCUT2D eigenvalue weighted by molar-refractivity contribution is 0.182. The summed E-state index contributed by atoms with van der Waals surface area (Å²) in [5.74, 6) is 0. The standard InChI is InChI=1S/C14H22N2O2S/c1-4-7-16(8-9-17)13(18)15-11-14(2,3)12-6-5-10-19-12/h4-6,10,17H,1,7-9,11H2,2-3H3,(H,15,18). The molecule has 0 unspecified atom stereocenters. The van der Waals surface area contributed by atoms with Crippen LogP contribution in [0, 0.1) is 0 Å². The van der Waals surface area contributed by atoms with E-state index in [1.54, 1.807) is 17.4 Å². The van der Waals surface area contributed by atoms with E-state index in [2.05, 4.69) is 31.8 Å². The summed E-state index contributed by atoms with van der Waals surface area (Å²) in [5, 5.41) is 13.9. The van der Waals surface area contributed by atoms with Crippen LogP contribution in [0.5, 0.6) is 0 Å². The van der Waals surface area contributed by atoms with Crippen molar-refractivity contribution in [2.75, 3.05) is 26.2 Å². The third-order valence-corrected chi connectivity index (χ3v) is 4.11. The van der Waals surface area contributed by atoms with Crippen molar-refractivity contribution < 1.29 is 9.90 Å². The summed E-state index contributed by atoms with van der Waals surface area (Å²) in [5.41, 5.74) is -0.0944. The monoisotopic (exact) mass is 282 g/mol. The van der Waals surface area contributed by atoms with Crippen LogP contribution in [-0.4, -0.2) is 42.3 Å². The van der Waals surface area contributed by atoms with Crippen LogP contribution >= 0.6 is 11.3 Å². The average molecular weight is 282 g/mol. The molecule has 0 bridgehead atoms. The van der Waals surface area contributed by atoms with Gasteiger partial charge in [-0.15, -0.1) is 17.9 Å². The Balaban J connectivity index is 2.54. The molecule has 0 aromatic carbocycles. The fourth-order valence-corrected chi connectivity index (χ4v) is 2.56. The molecule has 1 aromatic heterocycles. The summed E-state index contributed by atoms with van der Waals surface area (Å²) < 4.78 is 0. The molecular weight excluding hydrogens is 260 g/mol. The van der Waals surface area contributed by atoms with Crippen molar-refractivity contribution >= 4 is 17.4 Å². The normalized spacial score (nSPS) is 11.1. The maximum atomic E-state index is 12.0. The molecule has 0 fully saturated rings. The van der Waals surface area contributed by atoms with Crippen LogP contribution in [-0.2, 0) is 5.41 Å². The topological polar surface area (TPSA) is 52.6 Å². The van der Waals surface area contributed by atoms with Crippen LogP contribution in [0.2, 0.25) is 0 Å². The van der Waals surface area contributed by atoms with E-state index in [-0.39, 0.29) is 18.1 Å². The molecule has 19 heavy (non-hydrogen) atoms. The van der Waals surface area contributed by atoms with E-state index in [1.807, 2.05) is 11.4 Å². The Labute approximate surface area is 118 Å². The Kier molecular flexibility index (Phi) is 6.05. The Bertz CT molecular complexity index is 402. The molecule has 0 saturated heterocycles. The number of carbonyl (C=O) groups excluding carboxylic acids is 1. The lowest BCUT2D eigenvalue weighted by Crippen LogP contribution is -2.45. The predicted molar refractivity (Wildman–Crippen MR) is 79.6 cm³/mol. The van der Waals surface area contributed by atoms with Gasteiger partial charge in [0, 0.05) is 29.9 Å². The number of aliphatic hydroxyl groups is 1. The summed E-state index contributed by atoms with van der Waals surface area (Å²) in [6, 6.07) is 3.92. The Morgan fingerprint density at radius 3 is 2.89 bits per heavy atom. The molecule has 0 aliphatic rings. The highest BCUT2D eigenvalue weighted by molar-refractivity contribution is 7.10. The minimum atomic E-state index is -0.168. The van der Waals surface area contributed by atoms with Gasteiger partial charge >= 0.3 is 6.03 Å². The van der Waals surface area contributed by atoms with Gasteiger partial charge in [-0.3, -0.25) is 0 Å². The number of urea groups is 1. The number of hydrogen-bond donors (Lipinski definition) is 2. The van der Waals surface area contributed by atoms with Crippen molar-refractivity contribution in [2.45, 2.75) is 19.3 Å². The van der Waals surface area contributed by atoms with Crippen LogP contribution in [0.3, 0.4) is 0 Å². The Hall–Kier alpha value is -1.33. The molecule has 5 heteroatoms. The number of hydrogen-bond acceptors (Lipinski definition) is 3. The minimum absolute atomic E-state index is 0.0461. The zero-order valence-electron chi connectivity index (χ0n) is 11.6. The molecule has 2 amide bonds. The van der Waals surface area contributed by atoms with Crippen molar-refractivity contribution in [1.29, 1.82) is 0 Å². The van der Waals surface area contributed by atoms with Crippen molar-refractivity contribution in [3.63, 3.8) is 0 Å². The molecule has 0 radical (unpaired) electrons. The van der Waals surface area contributed by atoms with E-state index in [0.29, 0.717) is 19.6 Å². The number of carbonyl (C=O) groups is 1. The van der Waals surface area contributed by atoms with Gasteiger partial charge in [0.05, 0.1) is 6.61 Å². The molecular formula is C14H22N2O2S. The van der Waals surface area contributed by atoms with Gasteiger partial charge in [0.2, 0.25) is 0 Å². The van der Waals surface area contributed by atoms with E-state index in [4.69, 9.17) is 5.11 Å². The summed E-state index contributed by atoms with van der Waals surface area (Å²) in [6.45, 7) is 9.08. The SMILES string of the molecule is C=CCN(CCO)C(=O)NCC(C)(C)c1cccs1. The van der Waals surface area contributed by atoms with E-state index >= 15 is 0 Å². The van der Waals surface area contributed by atoms with Crippen LogP contribution in [0.25, 0.3) is 0 Å². The quantitative estimate of drug-likeness (QED) is 0.753. The lowest BCUT2D eigenvalue weighted by Gasteiger charge is -2.27. The zero-order valence-corrected chi connectivity index (χ0v) is 12.4. The minimum Gasteiger partial charge on any atom is -0.395 e. The zero-order chi connectivity index (χ0) is 14.3. The van der Waals surface area contributed by atoms with Crippen LogP contribution in [0.15, 0.2) is 30.2 Å². The highest BCUT2D eigenvalue weighted by Crippen LogP contribution is 2.26. The third kappa shape index (κ3) is 4.69. The maximum Gasteiger partial charge on any atom is 0.317 e. The Morgan fingerprint density at radius 1 is 1.63 bits per heavy atom.